The Bertz CT molecular complexity index is 951. The summed E-state index contributed by atoms with van der Waals surface area (Å²) in [6.07, 6.45) is 7.08. The lowest BCUT2D eigenvalue weighted by atomic mass is 9.68. The van der Waals surface area contributed by atoms with Crippen molar-refractivity contribution in [2.75, 3.05) is 0 Å². The number of hydrogen-bond acceptors (Lipinski definition) is 4. The van der Waals surface area contributed by atoms with Crippen LogP contribution in [0.4, 0.5) is 4.39 Å². The van der Waals surface area contributed by atoms with Gasteiger partial charge in [0.25, 0.3) is 0 Å². The number of benzene rings is 1. The minimum absolute atomic E-state index is 0.0285. The van der Waals surface area contributed by atoms with Crippen molar-refractivity contribution in [1.29, 1.82) is 0 Å². The van der Waals surface area contributed by atoms with E-state index in [-0.39, 0.29) is 17.3 Å². The molecule has 166 valence electrons. The molecule has 0 unspecified atom stereocenters. The zero-order chi connectivity index (χ0) is 22.2. The summed E-state index contributed by atoms with van der Waals surface area (Å²) >= 11 is 0. The van der Waals surface area contributed by atoms with Crippen molar-refractivity contribution in [1.82, 2.24) is 5.32 Å². The topological polar surface area (TPSA) is 55.4 Å². The summed E-state index contributed by atoms with van der Waals surface area (Å²) in [4.78, 5) is 26.7. The van der Waals surface area contributed by atoms with E-state index < -0.39 is 17.7 Å². The second-order valence-electron chi connectivity index (χ2n) is 9.97. The lowest BCUT2D eigenvalue weighted by molar-refractivity contribution is -0.145. The molecule has 1 aromatic rings. The molecule has 4 rings (SSSR count). The third kappa shape index (κ3) is 4.46. The van der Waals surface area contributed by atoms with Crippen LogP contribution in [0.2, 0.25) is 0 Å². The maximum atomic E-state index is 15.0. The van der Waals surface area contributed by atoms with E-state index in [1.165, 1.54) is 6.07 Å². The lowest BCUT2D eigenvalue weighted by Crippen LogP contribution is -2.39. The van der Waals surface area contributed by atoms with E-state index >= 15 is 0 Å². The molecule has 0 saturated heterocycles. The Morgan fingerprint density at radius 2 is 1.77 bits per heavy atom. The van der Waals surface area contributed by atoms with Crippen molar-refractivity contribution in [2.24, 2.45) is 5.41 Å². The average molecular weight is 426 g/mol. The van der Waals surface area contributed by atoms with E-state index in [0.29, 0.717) is 35.2 Å². The molecule has 1 saturated carbocycles. The number of esters is 1. The second-order valence-corrected chi connectivity index (χ2v) is 9.97. The van der Waals surface area contributed by atoms with Gasteiger partial charge >= 0.3 is 5.97 Å². The highest BCUT2D eigenvalue weighted by Crippen LogP contribution is 2.47. The molecular weight excluding hydrogens is 393 g/mol. The number of dihydropyridines is 1. The van der Waals surface area contributed by atoms with Gasteiger partial charge in [0.1, 0.15) is 11.9 Å². The number of carbonyl (C=O) groups excluding carboxylic acids is 2. The first kappa shape index (κ1) is 21.8. The van der Waals surface area contributed by atoms with E-state index in [1.54, 1.807) is 18.2 Å². The molecule has 4 nitrogen and oxygen atoms in total. The molecule has 0 bridgehead atoms. The van der Waals surface area contributed by atoms with Crippen LogP contribution in [0.1, 0.15) is 83.6 Å². The first-order valence-corrected chi connectivity index (χ1v) is 11.5. The number of Topliss-reactive ketones (excluding diaryl/α,β-unsaturated/α-hetero) is 1. The summed E-state index contributed by atoms with van der Waals surface area (Å²) in [5.74, 6) is -1.61. The fourth-order valence-electron chi connectivity index (χ4n) is 5.30. The Morgan fingerprint density at radius 1 is 1.10 bits per heavy atom. The molecule has 1 aromatic carbocycles. The van der Waals surface area contributed by atoms with E-state index in [0.717, 1.165) is 44.2 Å². The minimum atomic E-state index is -0.737. The van der Waals surface area contributed by atoms with Crippen LogP contribution in [0.3, 0.4) is 0 Å². The fraction of sp³-hybridized carbons (Fsp3) is 0.538. The number of nitrogens with one attached hydrogen (secondary N) is 1. The van der Waals surface area contributed by atoms with Crippen molar-refractivity contribution >= 4 is 11.8 Å². The highest BCUT2D eigenvalue weighted by atomic mass is 19.1. The number of allylic oxidation sites excluding steroid dienone is 3. The fourth-order valence-corrected chi connectivity index (χ4v) is 5.30. The van der Waals surface area contributed by atoms with Crippen LogP contribution >= 0.6 is 0 Å². The zero-order valence-electron chi connectivity index (χ0n) is 18.7. The number of ketones is 1. The van der Waals surface area contributed by atoms with Crippen molar-refractivity contribution in [3.8, 4) is 0 Å². The maximum absolute atomic E-state index is 15.0. The van der Waals surface area contributed by atoms with E-state index in [1.807, 2.05) is 6.92 Å². The van der Waals surface area contributed by atoms with Crippen molar-refractivity contribution in [3.05, 3.63) is 58.2 Å². The SMILES string of the molecule is CC1=C(C(=O)OC2CCCCCC2)[C@@H](c2ccccc2F)C2=C(CC(C)(C)CC2=O)N1. The maximum Gasteiger partial charge on any atom is 0.337 e. The summed E-state index contributed by atoms with van der Waals surface area (Å²) in [6, 6.07) is 6.44. The Labute approximate surface area is 183 Å². The van der Waals surface area contributed by atoms with Gasteiger partial charge in [0.2, 0.25) is 0 Å². The van der Waals surface area contributed by atoms with Gasteiger partial charge in [-0.05, 0) is 50.5 Å². The lowest BCUT2D eigenvalue weighted by Gasteiger charge is -2.39. The van der Waals surface area contributed by atoms with Crippen LogP contribution in [0, 0.1) is 11.2 Å². The van der Waals surface area contributed by atoms with Gasteiger partial charge in [-0.1, -0.05) is 44.9 Å². The number of ether oxygens (including phenoxy) is 1. The van der Waals surface area contributed by atoms with E-state index in [4.69, 9.17) is 4.74 Å². The number of halogens is 1. The van der Waals surface area contributed by atoms with Gasteiger partial charge in [0, 0.05) is 29.0 Å². The van der Waals surface area contributed by atoms with Crippen molar-refractivity contribution in [3.63, 3.8) is 0 Å². The van der Waals surface area contributed by atoms with Gasteiger partial charge in [0.15, 0.2) is 5.78 Å². The van der Waals surface area contributed by atoms with Crippen LogP contribution in [-0.4, -0.2) is 17.9 Å². The Balaban J connectivity index is 1.75. The Hall–Kier alpha value is -2.43. The first-order chi connectivity index (χ1) is 14.8. The van der Waals surface area contributed by atoms with Crippen LogP contribution in [-0.2, 0) is 14.3 Å². The zero-order valence-corrected chi connectivity index (χ0v) is 18.7. The molecule has 2 aliphatic carbocycles. The summed E-state index contributed by atoms with van der Waals surface area (Å²) in [5.41, 5.74) is 2.51. The molecule has 5 heteroatoms. The smallest absolute Gasteiger partial charge is 0.337 e. The summed E-state index contributed by atoms with van der Waals surface area (Å²) in [6.45, 7) is 5.94. The van der Waals surface area contributed by atoms with Gasteiger partial charge in [-0.3, -0.25) is 4.79 Å². The van der Waals surface area contributed by atoms with Gasteiger partial charge in [-0.25, -0.2) is 9.18 Å². The second kappa shape index (κ2) is 8.60. The summed E-state index contributed by atoms with van der Waals surface area (Å²) in [7, 11) is 0. The molecule has 3 aliphatic rings. The molecule has 1 N–H and O–H groups in total. The molecule has 1 heterocycles. The van der Waals surface area contributed by atoms with Gasteiger partial charge in [0.05, 0.1) is 11.5 Å². The van der Waals surface area contributed by atoms with Crippen LogP contribution in [0.25, 0.3) is 0 Å². The molecule has 1 aliphatic heterocycles. The largest absolute Gasteiger partial charge is 0.459 e. The van der Waals surface area contributed by atoms with Gasteiger partial charge in [-0.2, -0.15) is 0 Å². The first-order valence-electron chi connectivity index (χ1n) is 11.5. The molecule has 0 amide bonds. The minimum Gasteiger partial charge on any atom is -0.459 e. The Morgan fingerprint density at radius 3 is 2.45 bits per heavy atom. The Kier molecular flexibility index (Phi) is 6.05. The number of hydrogen-bond donors (Lipinski definition) is 1. The molecule has 1 atom stereocenters. The number of rotatable bonds is 3. The standard InChI is InChI=1S/C26H32FNO3/c1-16-22(25(30)31-17-10-6-4-5-7-11-17)23(18-12-8-9-13-19(18)27)24-20(28-16)14-26(2,3)15-21(24)29/h8-9,12-13,17,23,28H,4-7,10-11,14-15H2,1-3H3/t23-/m1/s1. The van der Waals surface area contributed by atoms with Gasteiger partial charge in [-0.15, -0.1) is 0 Å². The molecule has 1 fully saturated rings. The molecule has 31 heavy (non-hydrogen) atoms. The molecular formula is C26H32FNO3. The summed E-state index contributed by atoms with van der Waals surface area (Å²) in [5, 5.41) is 3.32. The highest BCUT2D eigenvalue weighted by Gasteiger charge is 2.44. The van der Waals surface area contributed by atoms with E-state index in [2.05, 4.69) is 19.2 Å². The molecule has 0 aromatic heterocycles. The third-order valence-electron chi connectivity index (χ3n) is 6.75. The number of carbonyl (C=O) groups is 2. The van der Waals surface area contributed by atoms with Crippen LogP contribution in [0.5, 0.6) is 0 Å². The summed E-state index contributed by atoms with van der Waals surface area (Å²) < 4.78 is 20.9. The van der Waals surface area contributed by atoms with Crippen LogP contribution in [0.15, 0.2) is 46.8 Å². The normalized spacial score (nSPS) is 24.4. The van der Waals surface area contributed by atoms with E-state index in [9.17, 15) is 14.0 Å². The average Bonchev–Trinajstić information content (AvgIpc) is 2.95. The van der Waals surface area contributed by atoms with Crippen molar-refractivity contribution in [2.45, 2.75) is 84.2 Å². The predicted molar refractivity (Wildman–Crippen MR) is 118 cm³/mol. The monoisotopic (exact) mass is 425 g/mol. The quantitative estimate of drug-likeness (QED) is 0.499. The predicted octanol–water partition coefficient (Wildman–Crippen LogP) is 5.70. The molecule has 0 spiro atoms. The van der Waals surface area contributed by atoms with Gasteiger partial charge < -0.3 is 10.1 Å². The third-order valence-corrected chi connectivity index (χ3v) is 6.75. The highest BCUT2D eigenvalue weighted by molar-refractivity contribution is 6.04. The van der Waals surface area contributed by atoms with Crippen LogP contribution < -0.4 is 5.32 Å². The van der Waals surface area contributed by atoms with Crippen molar-refractivity contribution < 1.29 is 18.7 Å². The molecule has 0 radical (unpaired) electrons.